The smallest absolute Gasteiger partial charge is 0.124 e. The molecule has 0 radical (unpaired) electrons. The molecule has 1 aromatic rings. The molecule has 1 saturated heterocycles. The van der Waals surface area contributed by atoms with Gasteiger partial charge >= 0.3 is 0 Å². The summed E-state index contributed by atoms with van der Waals surface area (Å²) in [4.78, 5) is 0. The van der Waals surface area contributed by atoms with Gasteiger partial charge in [0.05, 0.1) is 6.61 Å². The predicted molar refractivity (Wildman–Crippen MR) is 68.3 cm³/mol. The van der Waals surface area contributed by atoms with Crippen molar-refractivity contribution in [1.82, 2.24) is 5.32 Å². The number of benzene rings is 1. The molecule has 0 bridgehead atoms. The standard InChI is InChI=1S/C13H17ClFNO2/c1-17-13(4-5-18-9-13)8-16-7-10-2-3-11(15)6-12(10)14/h2-3,6,16H,4-5,7-9H2,1H3. The Morgan fingerprint density at radius 3 is 3.00 bits per heavy atom. The van der Waals surface area contributed by atoms with Crippen molar-refractivity contribution >= 4 is 11.6 Å². The third-order valence-electron chi connectivity index (χ3n) is 3.28. The van der Waals surface area contributed by atoms with Crippen molar-refractivity contribution < 1.29 is 13.9 Å². The van der Waals surface area contributed by atoms with E-state index in [4.69, 9.17) is 21.1 Å². The van der Waals surface area contributed by atoms with Gasteiger partial charge in [-0.15, -0.1) is 0 Å². The number of nitrogens with one attached hydrogen (secondary N) is 1. The Hall–Kier alpha value is -0.680. The number of ether oxygens (including phenoxy) is 2. The highest BCUT2D eigenvalue weighted by Gasteiger charge is 2.34. The molecule has 1 heterocycles. The van der Waals surface area contributed by atoms with Gasteiger partial charge in [0, 0.05) is 38.2 Å². The van der Waals surface area contributed by atoms with E-state index in [1.54, 1.807) is 13.2 Å². The van der Waals surface area contributed by atoms with Gasteiger partial charge in [-0.05, 0) is 17.7 Å². The van der Waals surface area contributed by atoms with Gasteiger partial charge < -0.3 is 14.8 Å². The average Bonchev–Trinajstić information content (AvgIpc) is 2.81. The van der Waals surface area contributed by atoms with Crippen LogP contribution in [0, 0.1) is 5.82 Å². The first kappa shape index (κ1) is 13.7. The van der Waals surface area contributed by atoms with Crippen LogP contribution in [-0.4, -0.2) is 32.5 Å². The summed E-state index contributed by atoms with van der Waals surface area (Å²) in [5, 5.41) is 3.73. The highest BCUT2D eigenvalue weighted by Crippen LogP contribution is 2.22. The van der Waals surface area contributed by atoms with Gasteiger partial charge in [-0.1, -0.05) is 17.7 Å². The zero-order valence-corrected chi connectivity index (χ0v) is 11.1. The molecule has 18 heavy (non-hydrogen) atoms. The molecule has 0 aromatic heterocycles. The number of halogens is 2. The maximum atomic E-state index is 12.9. The predicted octanol–water partition coefficient (Wildman–Crippen LogP) is 2.37. The number of rotatable bonds is 5. The fourth-order valence-corrected chi connectivity index (χ4v) is 2.29. The number of hydrogen-bond acceptors (Lipinski definition) is 3. The van der Waals surface area contributed by atoms with Crippen molar-refractivity contribution in [1.29, 1.82) is 0 Å². The molecule has 1 aliphatic heterocycles. The second-order valence-electron chi connectivity index (χ2n) is 4.53. The monoisotopic (exact) mass is 273 g/mol. The lowest BCUT2D eigenvalue weighted by atomic mass is 10.0. The Balaban J connectivity index is 1.88. The van der Waals surface area contributed by atoms with Crippen molar-refractivity contribution in [2.75, 3.05) is 26.9 Å². The quantitative estimate of drug-likeness (QED) is 0.893. The molecule has 2 rings (SSSR count). The minimum atomic E-state index is -0.318. The van der Waals surface area contributed by atoms with Gasteiger partial charge in [-0.2, -0.15) is 0 Å². The summed E-state index contributed by atoms with van der Waals surface area (Å²) in [6.45, 7) is 2.61. The Kier molecular flexibility index (Phi) is 4.56. The Morgan fingerprint density at radius 1 is 1.56 bits per heavy atom. The van der Waals surface area contributed by atoms with E-state index in [0.717, 1.165) is 18.6 Å². The van der Waals surface area contributed by atoms with E-state index >= 15 is 0 Å². The SMILES string of the molecule is COC1(CNCc2ccc(F)cc2Cl)CCOC1. The fraction of sp³-hybridized carbons (Fsp3) is 0.538. The number of methoxy groups -OCH3 is 1. The maximum Gasteiger partial charge on any atom is 0.124 e. The number of hydrogen-bond donors (Lipinski definition) is 1. The summed E-state index contributed by atoms with van der Waals surface area (Å²) < 4.78 is 23.7. The van der Waals surface area contributed by atoms with Crippen LogP contribution in [0.15, 0.2) is 18.2 Å². The maximum absolute atomic E-state index is 12.9. The first-order valence-corrected chi connectivity index (χ1v) is 6.31. The molecule has 3 nitrogen and oxygen atoms in total. The van der Waals surface area contributed by atoms with E-state index in [1.165, 1.54) is 12.1 Å². The Morgan fingerprint density at radius 2 is 2.39 bits per heavy atom. The molecular formula is C13H17ClFNO2. The minimum absolute atomic E-state index is 0.244. The van der Waals surface area contributed by atoms with Crippen LogP contribution in [0.25, 0.3) is 0 Å². The summed E-state index contributed by atoms with van der Waals surface area (Å²) >= 11 is 5.96. The van der Waals surface area contributed by atoms with E-state index in [1.807, 2.05) is 0 Å². The van der Waals surface area contributed by atoms with Gasteiger partial charge in [0.2, 0.25) is 0 Å². The average molecular weight is 274 g/mol. The zero-order valence-electron chi connectivity index (χ0n) is 10.3. The van der Waals surface area contributed by atoms with Gasteiger partial charge in [0.1, 0.15) is 11.4 Å². The molecule has 1 aromatic carbocycles. The van der Waals surface area contributed by atoms with Crippen LogP contribution in [0.1, 0.15) is 12.0 Å². The van der Waals surface area contributed by atoms with Gasteiger partial charge in [-0.3, -0.25) is 0 Å². The molecule has 0 aliphatic carbocycles. The molecule has 1 unspecified atom stereocenters. The molecule has 100 valence electrons. The largest absolute Gasteiger partial charge is 0.378 e. The molecule has 1 aliphatic rings. The van der Waals surface area contributed by atoms with Crippen LogP contribution >= 0.6 is 11.6 Å². The lowest BCUT2D eigenvalue weighted by Crippen LogP contribution is -2.42. The van der Waals surface area contributed by atoms with E-state index in [2.05, 4.69) is 5.32 Å². The van der Waals surface area contributed by atoms with Crippen molar-refractivity contribution in [3.05, 3.63) is 34.6 Å². The third kappa shape index (κ3) is 3.20. The second-order valence-corrected chi connectivity index (χ2v) is 4.94. The molecule has 5 heteroatoms. The highest BCUT2D eigenvalue weighted by atomic mass is 35.5. The van der Waals surface area contributed by atoms with Gasteiger partial charge in [-0.25, -0.2) is 4.39 Å². The van der Waals surface area contributed by atoms with E-state index in [-0.39, 0.29) is 11.4 Å². The van der Waals surface area contributed by atoms with Crippen molar-refractivity contribution in [3.63, 3.8) is 0 Å². The van der Waals surface area contributed by atoms with Crippen LogP contribution in [0.5, 0.6) is 0 Å². The van der Waals surface area contributed by atoms with E-state index < -0.39 is 0 Å². The highest BCUT2D eigenvalue weighted by molar-refractivity contribution is 6.31. The molecule has 0 amide bonds. The summed E-state index contributed by atoms with van der Waals surface area (Å²) in [7, 11) is 1.70. The summed E-state index contributed by atoms with van der Waals surface area (Å²) in [6.07, 6.45) is 0.883. The van der Waals surface area contributed by atoms with Crippen molar-refractivity contribution in [2.24, 2.45) is 0 Å². The molecule has 0 saturated carbocycles. The van der Waals surface area contributed by atoms with Crippen LogP contribution < -0.4 is 5.32 Å². The molecule has 0 spiro atoms. The first-order valence-electron chi connectivity index (χ1n) is 5.93. The molecule has 1 atom stereocenters. The minimum Gasteiger partial charge on any atom is -0.378 e. The van der Waals surface area contributed by atoms with Crippen LogP contribution in [0.2, 0.25) is 5.02 Å². The summed E-state index contributed by atoms with van der Waals surface area (Å²) in [6, 6.07) is 4.42. The van der Waals surface area contributed by atoms with Gasteiger partial charge in [0.15, 0.2) is 0 Å². The normalized spacial score (nSPS) is 23.5. The van der Waals surface area contributed by atoms with E-state index in [9.17, 15) is 4.39 Å². The zero-order chi connectivity index (χ0) is 13.0. The molecule has 1 fully saturated rings. The van der Waals surface area contributed by atoms with Crippen LogP contribution in [-0.2, 0) is 16.0 Å². The lowest BCUT2D eigenvalue weighted by Gasteiger charge is -2.26. The molecule has 1 N–H and O–H groups in total. The van der Waals surface area contributed by atoms with E-state index in [0.29, 0.717) is 24.7 Å². The second kappa shape index (κ2) is 5.97. The summed E-state index contributed by atoms with van der Waals surface area (Å²) in [5.74, 6) is -0.318. The lowest BCUT2D eigenvalue weighted by molar-refractivity contribution is -0.0159. The molecular weight excluding hydrogens is 257 g/mol. The fourth-order valence-electron chi connectivity index (χ4n) is 2.05. The van der Waals surface area contributed by atoms with Crippen molar-refractivity contribution in [2.45, 2.75) is 18.6 Å². The summed E-state index contributed by atoms with van der Waals surface area (Å²) in [5.41, 5.74) is 0.634. The first-order chi connectivity index (χ1) is 8.65. The Bertz CT molecular complexity index is 408. The van der Waals surface area contributed by atoms with Crippen LogP contribution in [0.3, 0.4) is 0 Å². The van der Waals surface area contributed by atoms with Gasteiger partial charge in [0.25, 0.3) is 0 Å². The van der Waals surface area contributed by atoms with Crippen LogP contribution in [0.4, 0.5) is 4.39 Å². The third-order valence-corrected chi connectivity index (χ3v) is 3.63. The van der Waals surface area contributed by atoms with Crippen molar-refractivity contribution in [3.8, 4) is 0 Å². The Labute approximate surface area is 111 Å². The topological polar surface area (TPSA) is 30.5 Å².